The van der Waals surface area contributed by atoms with E-state index in [1.807, 2.05) is 44.2 Å². The molecule has 22 heavy (non-hydrogen) atoms. The summed E-state index contributed by atoms with van der Waals surface area (Å²) in [4.78, 5) is 12.6. The number of amides is 1. The third-order valence-electron chi connectivity index (χ3n) is 4.32. The second kappa shape index (κ2) is 6.38. The fraction of sp³-hybridized carbons (Fsp3) is 0.562. The minimum atomic E-state index is -3.13. The normalized spacial score (nSPS) is 18.1. The van der Waals surface area contributed by atoms with E-state index in [0.717, 1.165) is 5.56 Å². The first-order chi connectivity index (χ1) is 10.2. The number of nitrogens with one attached hydrogen (secondary N) is 1. The van der Waals surface area contributed by atoms with Crippen molar-refractivity contribution in [3.8, 4) is 0 Å². The smallest absolute Gasteiger partial charge is 0.230 e. The molecule has 0 bridgehead atoms. The zero-order valence-corrected chi connectivity index (χ0v) is 14.2. The van der Waals surface area contributed by atoms with Crippen LogP contribution in [-0.2, 0) is 20.2 Å². The molecule has 2 rings (SSSR count). The van der Waals surface area contributed by atoms with Crippen LogP contribution in [0.4, 0.5) is 0 Å². The molecular weight excluding hydrogens is 300 g/mol. The first-order valence-corrected chi connectivity index (χ1v) is 9.37. The quantitative estimate of drug-likeness (QED) is 0.913. The summed E-state index contributed by atoms with van der Waals surface area (Å²) >= 11 is 0. The third-order valence-corrected chi connectivity index (χ3v) is 5.62. The molecule has 6 heteroatoms. The highest BCUT2D eigenvalue weighted by atomic mass is 32.2. The molecule has 1 fully saturated rings. The molecule has 0 radical (unpaired) electrons. The molecule has 0 spiro atoms. The van der Waals surface area contributed by atoms with E-state index in [9.17, 15) is 13.2 Å². The number of piperidine rings is 1. The van der Waals surface area contributed by atoms with Crippen molar-refractivity contribution in [1.82, 2.24) is 9.62 Å². The highest BCUT2D eigenvalue weighted by molar-refractivity contribution is 7.88. The predicted molar refractivity (Wildman–Crippen MR) is 87.0 cm³/mol. The first-order valence-electron chi connectivity index (χ1n) is 7.53. The Balaban J connectivity index is 1.96. The zero-order valence-electron chi connectivity index (χ0n) is 13.4. The van der Waals surface area contributed by atoms with Crippen LogP contribution < -0.4 is 5.32 Å². The number of carbonyl (C=O) groups is 1. The van der Waals surface area contributed by atoms with Gasteiger partial charge in [-0.05, 0) is 32.3 Å². The lowest BCUT2D eigenvalue weighted by atomic mass is 9.83. The van der Waals surface area contributed by atoms with Crippen LogP contribution in [0.5, 0.6) is 0 Å². The monoisotopic (exact) mass is 324 g/mol. The highest BCUT2D eigenvalue weighted by Crippen LogP contribution is 2.24. The SMILES string of the molecule is CC(C)(C(=O)NC1CCN(S(C)(=O)=O)CC1)c1ccccc1. The summed E-state index contributed by atoms with van der Waals surface area (Å²) in [6.07, 6.45) is 2.54. The molecule has 5 nitrogen and oxygen atoms in total. The fourth-order valence-corrected chi connectivity index (χ4v) is 3.56. The second-order valence-corrected chi connectivity index (χ2v) is 8.38. The summed E-state index contributed by atoms with van der Waals surface area (Å²) in [7, 11) is -3.13. The number of nitrogens with zero attached hydrogens (tertiary/aromatic N) is 1. The van der Waals surface area contributed by atoms with Gasteiger partial charge in [0.1, 0.15) is 0 Å². The topological polar surface area (TPSA) is 66.5 Å². The Hall–Kier alpha value is -1.40. The molecule has 0 aromatic heterocycles. The summed E-state index contributed by atoms with van der Waals surface area (Å²) in [5.41, 5.74) is 0.371. The average molecular weight is 324 g/mol. The molecule has 0 atom stereocenters. The number of sulfonamides is 1. The molecule has 1 N–H and O–H groups in total. The predicted octanol–water partition coefficient (Wildman–Crippen LogP) is 1.50. The van der Waals surface area contributed by atoms with Crippen molar-refractivity contribution in [3.63, 3.8) is 0 Å². The van der Waals surface area contributed by atoms with E-state index in [1.165, 1.54) is 10.6 Å². The molecule has 1 aliphatic rings. The van der Waals surface area contributed by atoms with Crippen molar-refractivity contribution in [2.45, 2.75) is 38.1 Å². The van der Waals surface area contributed by atoms with Gasteiger partial charge in [0, 0.05) is 19.1 Å². The minimum absolute atomic E-state index is 0.0171. The van der Waals surface area contributed by atoms with E-state index in [2.05, 4.69) is 5.32 Å². The van der Waals surface area contributed by atoms with Crippen LogP contribution in [0.15, 0.2) is 30.3 Å². The molecule has 0 aliphatic carbocycles. The van der Waals surface area contributed by atoms with Crippen LogP contribution in [0.25, 0.3) is 0 Å². The number of hydrogen-bond donors (Lipinski definition) is 1. The summed E-state index contributed by atoms with van der Waals surface area (Å²) in [6.45, 7) is 4.75. The van der Waals surface area contributed by atoms with Gasteiger partial charge in [-0.15, -0.1) is 0 Å². The lowest BCUT2D eigenvalue weighted by molar-refractivity contribution is -0.126. The summed E-state index contributed by atoms with van der Waals surface area (Å²) < 4.78 is 24.5. The molecule has 1 aromatic carbocycles. The van der Waals surface area contributed by atoms with Gasteiger partial charge in [-0.2, -0.15) is 0 Å². The lowest BCUT2D eigenvalue weighted by Gasteiger charge is -2.33. The van der Waals surface area contributed by atoms with Gasteiger partial charge in [-0.25, -0.2) is 12.7 Å². The molecule has 1 aliphatic heterocycles. The fourth-order valence-electron chi connectivity index (χ4n) is 2.68. The lowest BCUT2D eigenvalue weighted by Crippen LogP contribution is -2.50. The van der Waals surface area contributed by atoms with Gasteiger partial charge in [0.05, 0.1) is 11.7 Å². The third kappa shape index (κ3) is 3.87. The van der Waals surface area contributed by atoms with E-state index >= 15 is 0 Å². The van der Waals surface area contributed by atoms with Crippen molar-refractivity contribution in [1.29, 1.82) is 0 Å². The van der Waals surface area contributed by atoms with Crippen molar-refractivity contribution < 1.29 is 13.2 Å². The van der Waals surface area contributed by atoms with Crippen LogP contribution in [0.3, 0.4) is 0 Å². The van der Waals surface area contributed by atoms with Crippen LogP contribution in [0.2, 0.25) is 0 Å². The molecule has 1 heterocycles. The van der Waals surface area contributed by atoms with Crippen LogP contribution in [0.1, 0.15) is 32.3 Å². The van der Waals surface area contributed by atoms with Gasteiger partial charge < -0.3 is 5.32 Å². The molecule has 0 unspecified atom stereocenters. The zero-order chi connectivity index (χ0) is 16.4. The molecule has 1 saturated heterocycles. The van der Waals surface area contributed by atoms with Gasteiger partial charge in [-0.3, -0.25) is 4.79 Å². The highest BCUT2D eigenvalue weighted by Gasteiger charge is 2.32. The van der Waals surface area contributed by atoms with Crippen molar-refractivity contribution in [2.75, 3.05) is 19.3 Å². The number of carbonyl (C=O) groups excluding carboxylic acids is 1. The maximum atomic E-state index is 12.6. The van der Waals surface area contributed by atoms with Crippen molar-refractivity contribution >= 4 is 15.9 Å². The van der Waals surface area contributed by atoms with Gasteiger partial charge in [-0.1, -0.05) is 30.3 Å². The van der Waals surface area contributed by atoms with Gasteiger partial charge in [0.25, 0.3) is 0 Å². The Morgan fingerprint density at radius 2 is 1.73 bits per heavy atom. The van der Waals surface area contributed by atoms with E-state index < -0.39 is 15.4 Å². The van der Waals surface area contributed by atoms with Gasteiger partial charge >= 0.3 is 0 Å². The Morgan fingerprint density at radius 3 is 2.23 bits per heavy atom. The number of rotatable bonds is 4. The van der Waals surface area contributed by atoms with E-state index in [1.54, 1.807) is 0 Å². The Labute approximate surface area is 132 Å². The maximum Gasteiger partial charge on any atom is 0.230 e. The van der Waals surface area contributed by atoms with Crippen LogP contribution >= 0.6 is 0 Å². The Kier molecular flexibility index (Phi) is 4.92. The Bertz CT molecular complexity index is 618. The van der Waals surface area contributed by atoms with Gasteiger partial charge in [0.15, 0.2) is 0 Å². The van der Waals surface area contributed by atoms with E-state index in [4.69, 9.17) is 0 Å². The van der Waals surface area contributed by atoms with Crippen LogP contribution in [0, 0.1) is 0 Å². The minimum Gasteiger partial charge on any atom is -0.353 e. The standard InChI is InChI=1S/C16H24N2O3S/c1-16(2,13-7-5-4-6-8-13)15(19)17-14-9-11-18(12-10-14)22(3,20)21/h4-8,14H,9-12H2,1-3H3,(H,17,19). The molecule has 1 aromatic rings. The summed E-state index contributed by atoms with van der Waals surface area (Å²) in [5, 5.41) is 3.07. The van der Waals surface area contributed by atoms with Gasteiger partial charge in [0.2, 0.25) is 15.9 Å². The average Bonchev–Trinajstić information content (AvgIpc) is 2.47. The summed E-state index contributed by atoms with van der Waals surface area (Å²) in [6, 6.07) is 9.72. The largest absolute Gasteiger partial charge is 0.353 e. The summed E-state index contributed by atoms with van der Waals surface area (Å²) in [5.74, 6) is -0.0171. The molecule has 0 saturated carbocycles. The van der Waals surface area contributed by atoms with Crippen molar-refractivity contribution in [2.24, 2.45) is 0 Å². The first kappa shape index (κ1) is 17.0. The van der Waals surface area contributed by atoms with E-state index in [-0.39, 0.29) is 11.9 Å². The van der Waals surface area contributed by atoms with E-state index in [0.29, 0.717) is 25.9 Å². The van der Waals surface area contributed by atoms with Crippen molar-refractivity contribution in [3.05, 3.63) is 35.9 Å². The number of benzene rings is 1. The second-order valence-electron chi connectivity index (χ2n) is 6.40. The van der Waals surface area contributed by atoms with Crippen LogP contribution in [-0.4, -0.2) is 44.0 Å². The molecule has 1 amide bonds. The molecular formula is C16H24N2O3S. The maximum absolute atomic E-state index is 12.6. The Morgan fingerprint density at radius 1 is 1.18 bits per heavy atom. The number of hydrogen-bond acceptors (Lipinski definition) is 3. The molecule has 122 valence electrons.